The molecule has 0 saturated carbocycles. The fourth-order valence-corrected chi connectivity index (χ4v) is 5.28. The van der Waals surface area contributed by atoms with E-state index in [0.29, 0.717) is 41.4 Å². The Morgan fingerprint density at radius 2 is 1.98 bits per heavy atom. The second-order valence-electron chi connectivity index (χ2n) is 10.2. The third-order valence-electron chi connectivity index (χ3n) is 7.52. The number of likely N-dealkylation sites (N-methyl/N-ethyl adjacent to an activating group) is 1. The maximum atomic E-state index is 12.4. The third kappa shape index (κ3) is 6.21. The maximum absolute atomic E-state index is 12.4. The van der Waals surface area contributed by atoms with Gasteiger partial charge in [-0.15, -0.1) is 0 Å². The highest BCUT2D eigenvalue weighted by atomic mass is 16.7. The quantitative estimate of drug-likeness (QED) is 0.348. The van der Waals surface area contributed by atoms with Gasteiger partial charge in [0.2, 0.25) is 5.91 Å². The lowest BCUT2D eigenvalue weighted by atomic mass is 10.0. The van der Waals surface area contributed by atoms with Crippen molar-refractivity contribution in [1.82, 2.24) is 14.9 Å². The van der Waals surface area contributed by atoms with Crippen LogP contribution in [0.3, 0.4) is 0 Å². The molecule has 3 aromatic rings. The number of amides is 1. The number of hydrogen-bond donors (Lipinski definition) is 2. The molecule has 0 aliphatic carbocycles. The first-order chi connectivity index (χ1) is 19.9. The molecule has 0 spiro atoms. The van der Waals surface area contributed by atoms with Gasteiger partial charge in [-0.25, -0.2) is 15.0 Å². The van der Waals surface area contributed by atoms with E-state index in [1.807, 2.05) is 41.5 Å². The zero-order valence-corrected chi connectivity index (χ0v) is 24.0. The molecule has 1 aromatic heterocycles. The first-order valence-corrected chi connectivity index (χ1v) is 13.6. The summed E-state index contributed by atoms with van der Waals surface area (Å²) >= 11 is 0. The Morgan fingerprint density at radius 1 is 1.12 bits per heavy atom. The SMILES string of the molecule is C=CC(=O)Nc1cc(Nc2cc(N3OCC[C@@H]3c3cccc(OC)c3)ncn2)c(OC)cc1N1CC[C@@H](N(C)C)C1. The minimum atomic E-state index is -0.287. The Hall–Kier alpha value is -4.35. The van der Waals surface area contributed by atoms with Gasteiger partial charge < -0.3 is 29.9 Å². The van der Waals surface area contributed by atoms with Gasteiger partial charge in [0, 0.05) is 37.7 Å². The number of ether oxygens (including phenoxy) is 2. The van der Waals surface area contributed by atoms with Crippen molar-refractivity contribution >= 4 is 34.6 Å². The summed E-state index contributed by atoms with van der Waals surface area (Å²) in [7, 11) is 7.46. The number of aromatic nitrogens is 2. The molecule has 2 aliphatic rings. The van der Waals surface area contributed by atoms with Crippen molar-refractivity contribution in [2.45, 2.75) is 24.9 Å². The molecule has 3 heterocycles. The van der Waals surface area contributed by atoms with E-state index in [4.69, 9.17) is 14.3 Å². The van der Waals surface area contributed by atoms with Gasteiger partial charge in [0.05, 0.1) is 43.9 Å². The van der Waals surface area contributed by atoms with Gasteiger partial charge in [-0.3, -0.25) is 9.63 Å². The van der Waals surface area contributed by atoms with Crippen LogP contribution in [0.1, 0.15) is 24.4 Å². The molecular formula is C30H37N7O4. The van der Waals surface area contributed by atoms with Crippen LogP contribution < -0.4 is 30.1 Å². The zero-order valence-electron chi connectivity index (χ0n) is 24.0. The van der Waals surface area contributed by atoms with Crippen LogP contribution in [0.5, 0.6) is 11.5 Å². The number of hydroxylamine groups is 1. The monoisotopic (exact) mass is 559 g/mol. The van der Waals surface area contributed by atoms with E-state index in [1.54, 1.807) is 14.2 Å². The number of nitrogens with zero attached hydrogens (tertiary/aromatic N) is 5. The average molecular weight is 560 g/mol. The molecule has 2 saturated heterocycles. The number of rotatable bonds is 10. The minimum Gasteiger partial charge on any atom is -0.497 e. The molecule has 2 fully saturated rings. The molecular weight excluding hydrogens is 522 g/mol. The fourth-order valence-electron chi connectivity index (χ4n) is 5.28. The normalized spacial score (nSPS) is 18.5. The molecule has 216 valence electrons. The van der Waals surface area contributed by atoms with E-state index in [9.17, 15) is 4.79 Å². The molecule has 1 amide bonds. The van der Waals surface area contributed by atoms with Crippen molar-refractivity contribution in [2.75, 3.05) is 68.6 Å². The maximum Gasteiger partial charge on any atom is 0.247 e. The van der Waals surface area contributed by atoms with Gasteiger partial charge in [0.15, 0.2) is 5.82 Å². The Bertz CT molecular complexity index is 1400. The van der Waals surface area contributed by atoms with Gasteiger partial charge in [0.1, 0.15) is 23.6 Å². The van der Waals surface area contributed by atoms with Crippen molar-refractivity contribution in [2.24, 2.45) is 0 Å². The summed E-state index contributed by atoms with van der Waals surface area (Å²) in [4.78, 5) is 31.8. The van der Waals surface area contributed by atoms with Crippen LogP contribution >= 0.6 is 0 Å². The smallest absolute Gasteiger partial charge is 0.247 e. The predicted molar refractivity (Wildman–Crippen MR) is 160 cm³/mol. The number of benzene rings is 2. The zero-order chi connectivity index (χ0) is 28.9. The molecule has 2 aromatic carbocycles. The molecule has 0 unspecified atom stereocenters. The number of methoxy groups -OCH3 is 2. The van der Waals surface area contributed by atoms with E-state index < -0.39 is 0 Å². The van der Waals surface area contributed by atoms with E-state index in [-0.39, 0.29) is 11.9 Å². The Labute approximate surface area is 240 Å². The average Bonchev–Trinajstić information content (AvgIpc) is 3.68. The molecule has 11 nitrogen and oxygen atoms in total. The van der Waals surface area contributed by atoms with E-state index in [0.717, 1.165) is 42.9 Å². The van der Waals surface area contributed by atoms with Crippen LogP contribution in [0.25, 0.3) is 0 Å². The van der Waals surface area contributed by atoms with Gasteiger partial charge in [0.25, 0.3) is 0 Å². The summed E-state index contributed by atoms with van der Waals surface area (Å²) in [6.07, 6.45) is 4.60. The second-order valence-corrected chi connectivity index (χ2v) is 10.2. The van der Waals surface area contributed by atoms with Crippen LogP contribution in [-0.4, -0.2) is 74.8 Å². The van der Waals surface area contributed by atoms with Crippen molar-refractivity contribution < 1.29 is 19.1 Å². The summed E-state index contributed by atoms with van der Waals surface area (Å²) in [5.74, 6) is 2.30. The number of hydrogen-bond acceptors (Lipinski definition) is 10. The molecule has 11 heteroatoms. The van der Waals surface area contributed by atoms with E-state index in [1.165, 1.54) is 12.4 Å². The molecule has 2 atom stereocenters. The van der Waals surface area contributed by atoms with Crippen molar-refractivity contribution in [3.05, 3.63) is 67.0 Å². The Balaban J connectivity index is 1.43. The van der Waals surface area contributed by atoms with Crippen LogP contribution in [-0.2, 0) is 9.63 Å². The summed E-state index contributed by atoms with van der Waals surface area (Å²) in [5.41, 5.74) is 3.28. The lowest BCUT2D eigenvalue weighted by molar-refractivity contribution is -0.111. The first kappa shape index (κ1) is 28.2. The Kier molecular flexibility index (Phi) is 8.55. The third-order valence-corrected chi connectivity index (χ3v) is 7.52. The van der Waals surface area contributed by atoms with Crippen LogP contribution in [0.15, 0.2) is 61.4 Å². The summed E-state index contributed by atoms with van der Waals surface area (Å²) in [6, 6.07) is 14.0. The summed E-state index contributed by atoms with van der Waals surface area (Å²) in [6.45, 7) is 5.90. The second kappa shape index (κ2) is 12.4. The molecule has 2 aliphatic heterocycles. The number of nitrogens with one attached hydrogen (secondary N) is 2. The highest BCUT2D eigenvalue weighted by Gasteiger charge is 2.30. The Morgan fingerprint density at radius 3 is 2.71 bits per heavy atom. The minimum absolute atomic E-state index is 0.0196. The number of carbonyl (C=O) groups is 1. The first-order valence-electron chi connectivity index (χ1n) is 13.6. The van der Waals surface area contributed by atoms with Crippen LogP contribution in [0.4, 0.5) is 28.7 Å². The summed E-state index contributed by atoms with van der Waals surface area (Å²) in [5, 5.41) is 8.14. The molecule has 5 rings (SSSR count). The van der Waals surface area contributed by atoms with Gasteiger partial charge in [-0.2, -0.15) is 0 Å². The highest BCUT2D eigenvalue weighted by molar-refractivity contribution is 6.02. The lowest BCUT2D eigenvalue weighted by Gasteiger charge is -2.26. The van der Waals surface area contributed by atoms with Crippen LogP contribution in [0, 0.1) is 0 Å². The standard InChI is InChI=1S/C30H37N7O4/c1-6-30(38)34-23-15-24(27(40-5)16-26(23)36-12-10-21(18-36)35(2)3)33-28-17-29(32-19-31-28)37-25(11-13-41-37)20-8-7-9-22(14-20)39-4/h6-9,14-17,19,21,25H,1,10-13,18H2,2-5H3,(H,34,38)(H,31,32,33)/t21-,25-/m1/s1. The van der Waals surface area contributed by atoms with Gasteiger partial charge >= 0.3 is 0 Å². The predicted octanol–water partition coefficient (Wildman–Crippen LogP) is 4.39. The van der Waals surface area contributed by atoms with Crippen LogP contribution in [0.2, 0.25) is 0 Å². The lowest BCUT2D eigenvalue weighted by Crippen LogP contribution is -2.31. The summed E-state index contributed by atoms with van der Waals surface area (Å²) < 4.78 is 11.2. The van der Waals surface area contributed by atoms with Crippen molar-refractivity contribution in [1.29, 1.82) is 0 Å². The topological polar surface area (TPSA) is 104 Å². The molecule has 0 radical (unpaired) electrons. The fraction of sp³-hybridized carbons (Fsp3) is 0.367. The van der Waals surface area contributed by atoms with Gasteiger partial charge in [-0.05, 0) is 50.4 Å². The van der Waals surface area contributed by atoms with E-state index >= 15 is 0 Å². The van der Waals surface area contributed by atoms with Gasteiger partial charge in [-0.1, -0.05) is 18.7 Å². The largest absolute Gasteiger partial charge is 0.497 e. The number of anilines is 5. The van der Waals surface area contributed by atoms with Crippen molar-refractivity contribution in [3.8, 4) is 11.5 Å². The number of carbonyl (C=O) groups excluding carboxylic acids is 1. The molecule has 2 N–H and O–H groups in total. The van der Waals surface area contributed by atoms with E-state index in [2.05, 4.69) is 57.1 Å². The van der Waals surface area contributed by atoms with Crippen molar-refractivity contribution in [3.63, 3.8) is 0 Å². The highest BCUT2D eigenvalue weighted by Crippen LogP contribution is 2.41. The molecule has 41 heavy (non-hydrogen) atoms. The molecule has 0 bridgehead atoms.